The van der Waals surface area contributed by atoms with Gasteiger partial charge in [0.25, 0.3) is 0 Å². The third-order valence-corrected chi connectivity index (χ3v) is 5.06. The van der Waals surface area contributed by atoms with Crippen molar-refractivity contribution in [2.24, 2.45) is 11.8 Å². The van der Waals surface area contributed by atoms with Gasteiger partial charge in [0.2, 0.25) is 0 Å². The fourth-order valence-corrected chi connectivity index (χ4v) is 3.89. The summed E-state index contributed by atoms with van der Waals surface area (Å²) in [4.78, 5) is 5.49. The maximum absolute atomic E-state index is 3.54. The van der Waals surface area contributed by atoms with E-state index in [1.165, 1.54) is 65.1 Å². The second-order valence-electron chi connectivity index (χ2n) is 6.34. The van der Waals surface area contributed by atoms with E-state index in [9.17, 15) is 0 Å². The van der Waals surface area contributed by atoms with Crippen molar-refractivity contribution in [1.82, 2.24) is 15.1 Å². The highest BCUT2D eigenvalue weighted by Crippen LogP contribution is 2.23. The van der Waals surface area contributed by atoms with Gasteiger partial charge >= 0.3 is 0 Å². The van der Waals surface area contributed by atoms with Crippen LogP contribution < -0.4 is 5.32 Å². The van der Waals surface area contributed by atoms with Crippen LogP contribution >= 0.6 is 0 Å². The topological polar surface area (TPSA) is 18.5 Å². The van der Waals surface area contributed by atoms with Crippen LogP contribution in [0, 0.1) is 11.8 Å². The van der Waals surface area contributed by atoms with E-state index >= 15 is 0 Å². The molecular weight excluding hydrogens is 210 g/mol. The van der Waals surface area contributed by atoms with Crippen LogP contribution in [0.15, 0.2) is 0 Å². The minimum absolute atomic E-state index is 0.873. The van der Waals surface area contributed by atoms with Crippen LogP contribution in [-0.2, 0) is 0 Å². The summed E-state index contributed by atoms with van der Waals surface area (Å²) in [5, 5.41) is 3.54. The van der Waals surface area contributed by atoms with E-state index in [2.05, 4.69) is 22.0 Å². The summed E-state index contributed by atoms with van der Waals surface area (Å²) < 4.78 is 0. The zero-order chi connectivity index (χ0) is 11.7. The van der Waals surface area contributed by atoms with E-state index in [1.807, 2.05) is 0 Å². The predicted molar refractivity (Wildman–Crippen MR) is 71.2 cm³/mol. The standard InChI is InChI=1S/C14H27N3/c1-12-8-15-9-13(12)10-16-5-3-7-17-6-2-4-14(17)11-16/h12-15H,2-11H2,1H3. The van der Waals surface area contributed by atoms with E-state index in [-0.39, 0.29) is 0 Å². The molecule has 0 bridgehead atoms. The molecule has 3 saturated heterocycles. The van der Waals surface area contributed by atoms with Gasteiger partial charge in [0.15, 0.2) is 0 Å². The highest BCUT2D eigenvalue weighted by atomic mass is 15.3. The molecule has 3 heteroatoms. The first-order chi connectivity index (χ1) is 8.33. The summed E-state index contributed by atoms with van der Waals surface area (Å²) in [6.07, 6.45) is 4.25. The molecule has 0 amide bonds. The van der Waals surface area contributed by atoms with Crippen LogP contribution in [0.4, 0.5) is 0 Å². The number of hydrogen-bond donors (Lipinski definition) is 1. The van der Waals surface area contributed by atoms with E-state index in [0.29, 0.717) is 0 Å². The van der Waals surface area contributed by atoms with E-state index in [1.54, 1.807) is 0 Å². The van der Waals surface area contributed by atoms with Gasteiger partial charge in [-0.1, -0.05) is 6.92 Å². The first-order valence-corrected chi connectivity index (χ1v) is 7.50. The van der Waals surface area contributed by atoms with Gasteiger partial charge in [-0.05, 0) is 63.8 Å². The SMILES string of the molecule is CC1CNCC1CN1CCCN2CCCC2C1. The highest BCUT2D eigenvalue weighted by Gasteiger charge is 2.31. The van der Waals surface area contributed by atoms with Crippen molar-refractivity contribution in [2.45, 2.75) is 32.2 Å². The molecule has 0 aliphatic carbocycles. The molecule has 0 aromatic carbocycles. The molecule has 98 valence electrons. The lowest BCUT2D eigenvalue weighted by Crippen LogP contribution is -2.39. The van der Waals surface area contributed by atoms with Crippen molar-refractivity contribution >= 4 is 0 Å². The molecule has 3 fully saturated rings. The Hall–Kier alpha value is -0.120. The van der Waals surface area contributed by atoms with Crippen LogP contribution in [-0.4, -0.2) is 61.7 Å². The Morgan fingerprint density at radius 3 is 2.82 bits per heavy atom. The average Bonchev–Trinajstić information content (AvgIpc) is 2.86. The monoisotopic (exact) mass is 237 g/mol. The molecule has 1 N–H and O–H groups in total. The second kappa shape index (κ2) is 5.25. The van der Waals surface area contributed by atoms with Gasteiger partial charge in [-0.3, -0.25) is 4.90 Å². The van der Waals surface area contributed by atoms with E-state index < -0.39 is 0 Å². The lowest BCUT2D eigenvalue weighted by Gasteiger charge is -2.28. The maximum atomic E-state index is 3.54. The first kappa shape index (κ1) is 11.9. The Labute approximate surface area is 106 Å². The molecule has 3 unspecified atom stereocenters. The third kappa shape index (κ3) is 2.67. The molecule has 17 heavy (non-hydrogen) atoms. The summed E-state index contributed by atoms with van der Waals surface area (Å²) in [6, 6.07) is 0.877. The number of nitrogens with one attached hydrogen (secondary N) is 1. The molecule has 3 atom stereocenters. The molecular formula is C14H27N3. The minimum Gasteiger partial charge on any atom is -0.316 e. The molecule has 0 aromatic heterocycles. The van der Waals surface area contributed by atoms with Crippen LogP contribution in [0.5, 0.6) is 0 Å². The van der Waals surface area contributed by atoms with Crippen molar-refractivity contribution in [1.29, 1.82) is 0 Å². The largest absolute Gasteiger partial charge is 0.316 e. The van der Waals surface area contributed by atoms with Crippen molar-refractivity contribution in [3.8, 4) is 0 Å². The van der Waals surface area contributed by atoms with Crippen LogP contribution in [0.1, 0.15) is 26.2 Å². The lowest BCUT2D eigenvalue weighted by molar-refractivity contribution is 0.191. The molecule has 0 saturated carbocycles. The van der Waals surface area contributed by atoms with Crippen LogP contribution in [0.2, 0.25) is 0 Å². The maximum Gasteiger partial charge on any atom is 0.0223 e. The van der Waals surface area contributed by atoms with Crippen molar-refractivity contribution in [2.75, 3.05) is 45.8 Å². The molecule has 0 aromatic rings. The summed E-state index contributed by atoms with van der Waals surface area (Å²) in [5.41, 5.74) is 0. The summed E-state index contributed by atoms with van der Waals surface area (Å²) in [7, 11) is 0. The number of rotatable bonds is 2. The summed E-state index contributed by atoms with van der Waals surface area (Å²) >= 11 is 0. The molecule has 3 nitrogen and oxygen atoms in total. The number of nitrogens with zero attached hydrogens (tertiary/aromatic N) is 2. The fraction of sp³-hybridized carbons (Fsp3) is 1.00. The first-order valence-electron chi connectivity index (χ1n) is 7.50. The van der Waals surface area contributed by atoms with Crippen LogP contribution in [0.25, 0.3) is 0 Å². The van der Waals surface area contributed by atoms with E-state index in [4.69, 9.17) is 0 Å². The predicted octanol–water partition coefficient (Wildman–Crippen LogP) is 1.01. The van der Waals surface area contributed by atoms with Crippen molar-refractivity contribution in [3.05, 3.63) is 0 Å². The summed E-state index contributed by atoms with van der Waals surface area (Å²) in [6.45, 7) is 11.6. The Kier molecular flexibility index (Phi) is 3.69. The fourth-order valence-electron chi connectivity index (χ4n) is 3.89. The van der Waals surface area contributed by atoms with Crippen molar-refractivity contribution in [3.63, 3.8) is 0 Å². The van der Waals surface area contributed by atoms with Gasteiger partial charge in [0, 0.05) is 19.1 Å². The zero-order valence-corrected chi connectivity index (χ0v) is 11.2. The Bertz CT molecular complexity index is 256. The Balaban J connectivity index is 1.55. The molecule has 0 spiro atoms. The van der Waals surface area contributed by atoms with Crippen LogP contribution in [0.3, 0.4) is 0 Å². The van der Waals surface area contributed by atoms with Gasteiger partial charge in [-0.25, -0.2) is 0 Å². The third-order valence-electron chi connectivity index (χ3n) is 5.06. The minimum atomic E-state index is 0.873. The molecule has 3 rings (SSSR count). The van der Waals surface area contributed by atoms with Gasteiger partial charge in [-0.15, -0.1) is 0 Å². The molecule has 3 aliphatic rings. The van der Waals surface area contributed by atoms with Gasteiger partial charge < -0.3 is 10.2 Å². The average molecular weight is 237 g/mol. The summed E-state index contributed by atoms with van der Waals surface area (Å²) in [5.74, 6) is 1.76. The second-order valence-corrected chi connectivity index (χ2v) is 6.34. The molecule has 0 radical (unpaired) electrons. The lowest BCUT2D eigenvalue weighted by atomic mass is 9.97. The highest BCUT2D eigenvalue weighted by molar-refractivity contribution is 4.87. The molecule has 3 heterocycles. The number of hydrogen-bond acceptors (Lipinski definition) is 3. The quantitative estimate of drug-likeness (QED) is 0.773. The van der Waals surface area contributed by atoms with Gasteiger partial charge in [-0.2, -0.15) is 0 Å². The normalized spacial score (nSPS) is 40.4. The Morgan fingerprint density at radius 2 is 2.00 bits per heavy atom. The Morgan fingerprint density at radius 1 is 1.12 bits per heavy atom. The van der Waals surface area contributed by atoms with Gasteiger partial charge in [0.1, 0.15) is 0 Å². The zero-order valence-electron chi connectivity index (χ0n) is 11.2. The number of fused-ring (bicyclic) bond motifs is 1. The van der Waals surface area contributed by atoms with Gasteiger partial charge in [0.05, 0.1) is 0 Å². The molecule has 3 aliphatic heterocycles. The smallest absolute Gasteiger partial charge is 0.0223 e. The van der Waals surface area contributed by atoms with Crippen molar-refractivity contribution < 1.29 is 0 Å². The van der Waals surface area contributed by atoms with E-state index in [0.717, 1.165) is 17.9 Å².